The Bertz CT molecular complexity index is 890. The average molecular weight is 308 g/mol. The third kappa shape index (κ3) is 3.26. The maximum absolute atomic E-state index is 12.3. The van der Waals surface area contributed by atoms with E-state index in [0.717, 1.165) is 10.2 Å². The summed E-state index contributed by atoms with van der Waals surface area (Å²) in [5, 5.41) is 11.1. The van der Waals surface area contributed by atoms with E-state index in [0.29, 0.717) is 10.9 Å². The molecule has 1 heterocycles. The van der Waals surface area contributed by atoms with Crippen molar-refractivity contribution in [3.63, 3.8) is 0 Å². The SMILES string of the molecule is C[C@@H](NC(=O)Cn1nnc2ccccc2c1=O)c1ccccc1. The lowest BCUT2D eigenvalue weighted by atomic mass is 10.1. The lowest BCUT2D eigenvalue weighted by Crippen LogP contribution is -2.35. The summed E-state index contributed by atoms with van der Waals surface area (Å²) < 4.78 is 1.08. The van der Waals surface area contributed by atoms with Crippen LogP contribution in [-0.4, -0.2) is 20.9 Å². The van der Waals surface area contributed by atoms with E-state index < -0.39 is 0 Å². The summed E-state index contributed by atoms with van der Waals surface area (Å²) >= 11 is 0. The summed E-state index contributed by atoms with van der Waals surface area (Å²) in [5.41, 5.74) is 1.20. The number of carbonyl (C=O) groups is 1. The highest BCUT2D eigenvalue weighted by molar-refractivity contribution is 5.78. The van der Waals surface area contributed by atoms with Crippen molar-refractivity contribution < 1.29 is 4.79 Å². The van der Waals surface area contributed by atoms with Crippen molar-refractivity contribution >= 4 is 16.8 Å². The van der Waals surface area contributed by atoms with Crippen molar-refractivity contribution in [3.05, 3.63) is 70.5 Å². The fourth-order valence-corrected chi connectivity index (χ4v) is 2.38. The molecule has 0 radical (unpaired) electrons. The van der Waals surface area contributed by atoms with E-state index in [-0.39, 0.29) is 24.1 Å². The van der Waals surface area contributed by atoms with Crippen LogP contribution in [0.3, 0.4) is 0 Å². The number of nitrogens with one attached hydrogen (secondary N) is 1. The van der Waals surface area contributed by atoms with Gasteiger partial charge >= 0.3 is 0 Å². The van der Waals surface area contributed by atoms with E-state index in [2.05, 4.69) is 15.6 Å². The molecular formula is C17H16N4O2. The van der Waals surface area contributed by atoms with Crippen LogP contribution in [-0.2, 0) is 11.3 Å². The molecule has 0 unspecified atom stereocenters. The molecule has 0 aliphatic heterocycles. The van der Waals surface area contributed by atoms with E-state index in [9.17, 15) is 9.59 Å². The first-order valence-electron chi connectivity index (χ1n) is 7.32. The molecule has 3 rings (SSSR count). The quantitative estimate of drug-likeness (QED) is 0.795. The number of fused-ring (bicyclic) bond motifs is 1. The lowest BCUT2D eigenvalue weighted by Gasteiger charge is -2.14. The van der Waals surface area contributed by atoms with Crippen LogP contribution in [0.25, 0.3) is 10.9 Å². The second kappa shape index (κ2) is 6.39. The highest BCUT2D eigenvalue weighted by Crippen LogP contribution is 2.10. The van der Waals surface area contributed by atoms with Gasteiger partial charge in [0.1, 0.15) is 12.1 Å². The Labute approximate surface area is 132 Å². The van der Waals surface area contributed by atoms with Gasteiger partial charge in [-0.3, -0.25) is 9.59 Å². The van der Waals surface area contributed by atoms with Crippen LogP contribution < -0.4 is 10.9 Å². The van der Waals surface area contributed by atoms with E-state index in [4.69, 9.17) is 0 Å². The Morgan fingerprint density at radius 2 is 1.83 bits per heavy atom. The summed E-state index contributed by atoms with van der Waals surface area (Å²) in [6.45, 7) is 1.73. The number of carbonyl (C=O) groups excluding carboxylic acids is 1. The topological polar surface area (TPSA) is 76.9 Å². The van der Waals surface area contributed by atoms with Gasteiger partial charge in [0.25, 0.3) is 5.56 Å². The van der Waals surface area contributed by atoms with Crippen LogP contribution in [0.4, 0.5) is 0 Å². The van der Waals surface area contributed by atoms with Crippen molar-refractivity contribution in [1.29, 1.82) is 0 Å². The fraction of sp³-hybridized carbons (Fsp3) is 0.176. The molecule has 0 saturated heterocycles. The second-order valence-corrected chi connectivity index (χ2v) is 5.27. The molecule has 3 aromatic rings. The van der Waals surface area contributed by atoms with Gasteiger partial charge in [0.2, 0.25) is 5.91 Å². The first-order chi connectivity index (χ1) is 11.1. The third-order valence-corrected chi connectivity index (χ3v) is 3.60. The normalized spacial score (nSPS) is 12.0. The Kier molecular flexibility index (Phi) is 4.14. The van der Waals surface area contributed by atoms with Crippen molar-refractivity contribution in [1.82, 2.24) is 20.3 Å². The molecule has 23 heavy (non-hydrogen) atoms. The number of amides is 1. The molecule has 116 valence electrons. The molecule has 2 aromatic carbocycles. The number of aromatic nitrogens is 3. The van der Waals surface area contributed by atoms with Gasteiger partial charge < -0.3 is 5.32 Å². The Hall–Kier alpha value is -3.02. The molecule has 1 amide bonds. The minimum atomic E-state index is -0.321. The van der Waals surface area contributed by atoms with Gasteiger partial charge in [-0.1, -0.05) is 47.7 Å². The lowest BCUT2D eigenvalue weighted by molar-refractivity contribution is -0.122. The molecule has 0 fully saturated rings. The smallest absolute Gasteiger partial charge is 0.278 e. The van der Waals surface area contributed by atoms with Crippen LogP contribution in [0.15, 0.2) is 59.4 Å². The predicted molar refractivity (Wildman–Crippen MR) is 86.8 cm³/mol. The van der Waals surface area contributed by atoms with Gasteiger partial charge in [0, 0.05) is 0 Å². The predicted octanol–water partition coefficient (Wildman–Crippen LogP) is 1.67. The van der Waals surface area contributed by atoms with Crippen molar-refractivity contribution in [2.45, 2.75) is 19.5 Å². The highest BCUT2D eigenvalue weighted by atomic mass is 16.2. The van der Waals surface area contributed by atoms with Gasteiger partial charge in [0.15, 0.2) is 0 Å². The van der Waals surface area contributed by atoms with Gasteiger partial charge in [-0.15, -0.1) is 5.10 Å². The van der Waals surface area contributed by atoms with Crippen LogP contribution in [0.2, 0.25) is 0 Å². The molecule has 1 N–H and O–H groups in total. The number of nitrogens with zero attached hydrogens (tertiary/aromatic N) is 3. The zero-order valence-corrected chi connectivity index (χ0v) is 12.6. The molecule has 0 bridgehead atoms. The van der Waals surface area contributed by atoms with Gasteiger partial charge in [-0.05, 0) is 24.6 Å². The molecule has 0 spiro atoms. The van der Waals surface area contributed by atoms with E-state index in [1.54, 1.807) is 24.3 Å². The van der Waals surface area contributed by atoms with Gasteiger partial charge in [-0.25, -0.2) is 4.68 Å². The van der Waals surface area contributed by atoms with Crippen LogP contribution in [0.5, 0.6) is 0 Å². The molecule has 0 aliphatic carbocycles. The third-order valence-electron chi connectivity index (χ3n) is 3.60. The molecular weight excluding hydrogens is 292 g/mol. The van der Waals surface area contributed by atoms with Crippen LogP contribution >= 0.6 is 0 Å². The molecule has 1 atom stereocenters. The van der Waals surface area contributed by atoms with Crippen LogP contribution in [0, 0.1) is 0 Å². The fourth-order valence-electron chi connectivity index (χ4n) is 2.38. The van der Waals surface area contributed by atoms with Gasteiger partial charge in [-0.2, -0.15) is 0 Å². The summed E-state index contributed by atoms with van der Waals surface area (Å²) in [4.78, 5) is 24.4. The zero-order valence-electron chi connectivity index (χ0n) is 12.6. The first kappa shape index (κ1) is 14.9. The molecule has 6 nitrogen and oxygen atoms in total. The number of hydrogen-bond acceptors (Lipinski definition) is 4. The Morgan fingerprint density at radius 1 is 1.13 bits per heavy atom. The maximum Gasteiger partial charge on any atom is 0.278 e. The highest BCUT2D eigenvalue weighted by Gasteiger charge is 2.12. The van der Waals surface area contributed by atoms with E-state index >= 15 is 0 Å². The van der Waals surface area contributed by atoms with Crippen molar-refractivity contribution in [3.8, 4) is 0 Å². The molecule has 0 saturated carbocycles. The standard InChI is InChI=1S/C17H16N4O2/c1-12(13-7-3-2-4-8-13)18-16(22)11-21-17(23)14-9-5-6-10-15(14)19-20-21/h2-10,12H,11H2,1H3,(H,18,22)/t12-/m1/s1. The monoisotopic (exact) mass is 308 g/mol. The summed E-state index contributed by atoms with van der Waals surface area (Å²) in [7, 11) is 0. The van der Waals surface area contributed by atoms with Crippen LogP contribution in [0.1, 0.15) is 18.5 Å². The molecule has 1 aromatic heterocycles. The van der Waals surface area contributed by atoms with Gasteiger partial charge in [0.05, 0.1) is 11.4 Å². The largest absolute Gasteiger partial charge is 0.348 e. The average Bonchev–Trinajstić information content (AvgIpc) is 2.58. The summed E-state index contributed by atoms with van der Waals surface area (Å²) in [6, 6.07) is 16.4. The number of hydrogen-bond donors (Lipinski definition) is 1. The first-order valence-corrected chi connectivity index (χ1v) is 7.32. The van der Waals surface area contributed by atoms with E-state index in [1.807, 2.05) is 37.3 Å². The van der Waals surface area contributed by atoms with E-state index in [1.165, 1.54) is 0 Å². The maximum atomic E-state index is 12.3. The molecule has 0 aliphatic rings. The second-order valence-electron chi connectivity index (χ2n) is 5.27. The molecule has 6 heteroatoms. The Morgan fingerprint density at radius 3 is 2.61 bits per heavy atom. The number of benzene rings is 2. The minimum absolute atomic E-state index is 0.146. The number of rotatable bonds is 4. The zero-order chi connectivity index (χ0) is 16.2. The summed E-state index contributed by atoms with van der Waals surface area (Å²) in [6.07, 6.45) is 0. The minimum Gasteiger partial charge on any atom is -0.348 e. The van der Waals surface area contributed by atoms with Crippen molar-refractivity contribution in [2.24, 2.45) is 0 Å². The summed E-state index contributed by atoms with van der Waals surface area (Å²) in [5.74, 6) is -0.284. The Balaban J connectivity index is 1.76. The van der Waals surface area contributed by atoms with Crippen molar-refractivity contribution in [2.75, 3.05) is 0 Å².